The zero-order valence-corrected chi connectivity index (χ0v) is 12.2. The van der Waals surface area contributed by atoms with Crippen LogP contribution in [0, 0.1) is 0 Å². The molecule has 1 aliphatic rings. The zero-order chi connectivity index (χ0) is 14.8. The number of rotatable bonds is 4. The van der Waals surface area contributed by atoms with Crippen molar-refractivity contribution >= 4 is 22.6 Å². The van der Waals surface area contributed by atoms with E-state index in [-0.39, 0.29) is 6.42 Å². The van der Waals surface area contributed by atoms with Gasteiger partial charge < -0.3 is 19.3 Å². The number of carboxylic acids is 1. The number of carboxylic acid groups (broad SMARTS) is 1. The van der Waals surface area contributed by atoms with Crippen molar-refractivity contribution in [2.24, 2.45) is 7.05 Å². The van der Waals surface area contributed by atoms with Crippen LogP contribution in [-0.4, -0.2) is 41.9 Å². The van der Waals surface area contributed by atoms with Crippen molar-refractivity contribution < 1.29 is 14.6 Å². The molecule has 1 aromatic carbocycles. The SMILES string of the molecule is Cn1cc(CCC(=O)O)c2cccc(N3CCOCC3)c21. The average molecular weight is 288 g/mol. The van der Waals surface area contributed by atoms with Crippen LogP contribution in [0.2, 0.25) is 0 Å². The Morgan fingerprint density at radius 3 is 2.81 bits per heavy atom. The van der Waals surface area contributed by atoms with Crippen molar-refractivity contribution in [2.75, 3.05) is 31.2 Å². The number of carbonyl (C=O) groups is 1. The third-order valence-electron chi connectivity index (χ3n) is 4.02. The lowest BCUT2D eigenvalue weighted by Gasteiger charge is -2.29. The fraction of sp³-hybridized carbons (Fsp3) is 0.438. The van der Waals surface area contributed by atoms with Crippen molar-refractivity contribution in [1.82, 2.24) is 4.57 Å². The first-order chi connectivity index (χ1) is 10.2. The third kappa shape index (κ3) is 2.74. The van der Waals surface area contributed by atoms with Crippen molar-refractivity contribution in [2.45, 2.75) is 12.8 Å². The number of aromatic nitrogens is 1. The van der Waals surface area contributed by atoms with Gasteiger partial charge in [-0.1, -0.05) is 12.1 Å². The molecule has 5 heteroatoms. The number of benzene rings is 1. The number of hydrogen-bond donors (Lipinski definition) is 1. The minimum Gasteiger partial charge on any atom is -0.481 e. The lowest BCUT2D eigenvalue weighted by atomic mass is 10.1. The molecule has 0 atom stereocenters. The molecule has 0 saturated carbocycles. The van der Waals surface area contributed by atoms with Crippen LogP contribution in [0.3, 0.4) is 0 Å². The summed E-state index contributed by atoms with van der Waals surface area (Å²) >= 11 is 0. The van der Waals surface area contributed by atoms with E-state index in [1.807, 2.05) is 7.05 Å². The zero-order valence-electron chi connectivity index (χ0n) is 12.2. The Morgan fingerprint density at radius 2 is 2.10 bits per heavy atom. The predicted octanol–water partition coefficient (Wildman–Crippen LogP) is 2.03. The second kappa shape index (κ2) is 5.77. The lowest BCUT2D eigenvalue weighted by Crippen LogP contribution is -2.36. The van der Waals surface area contributed by atoms with Gasteiger partial charge in [0.15, 0.2) is 0 Å². The molecule has 0 radical (unpaired) electrons. The molecule has 21 heavy (non-hydrogen) atoms. The second-order valence-electron chi connectivity index (χ2n) is 5.43. The summed E-state index contributed by atoms with van der Waals surface area (Å²) in [7, 11) is 2.02. The number of nitrogens with zero attached hydrogens (tertiary/aromatic N) is 2. The second-order valence-corrected chi connectivity index (χ2v) is 5.43. The van der Waals surface area contributed by atoms with Crippen LogP contribution in [-0.2, 0) is 23.0 Å². The summed E-state index contributed by atoms with van der Waals surface area (Å²) in [6, 6.07) is 6.27. The van der Waals surface area contributed by atoms with Crippen molar-refractivity contribution in [3.63, 3.8) is 0 Å². The summed E-state index contributed by atoms with van der Waals surface area (Å²) in [4.78, 5) is 13.1. The fourth-order valence-electron chi connectivity index (χ4n) is 3.03. The summed E-state index contributed by atoms with van der Waals surface area (Å²) in [5.41, 5.74) is 3.49. The molecule has 2 aromatic rings. The van der Waals surface area contributed by atoms with Crippen molar-refractivity contribution in [3.05, 3.63) is 30.0 Å². The van der Waals surface area contributed by atoms with Gasteiger partial charge in [-0.05, 0) is 18.1 Å². The molecular formula is C16H20N2O3. The van der Waals surface area contributed by atoms with Gasteiger partial charge in [0.1, 0.15) is 0 Å². The third-order valence-corrected chi connectivity index (χ3v) is 4.02. The summed E-state index contributed by atoms with van der Waals surface area (Å²) in [6.07, 6.45) is 2.79. The first kappa shape index (κ1) is 13.9. The highest BCUT2D eigenvalue weighted by molar-refractivity contribution is 5.94. The quantitative estimate of drug-likeness (QED) is 0.935. The van der Waals surface area contributed by atoms with Crippen LogP contribution in [0.1, 0.15) is 12.0 Å². The maximum Gasteiger partial charge on any atom is 0.303 e. The number of ether oxygens (including phenoxy) is 1. The van der Waals surface area contributed by atoms with Gasteiger partial charge in [-0.15, -0.1) is 0 Å². The maximum atomic E-state index is 10.8. The number of para-hydroxylation sites is 1. The molecule has 2 heterocycles. The normalized spacial score (nSPS) is 15.6. The van der Waals surface area contributed by atoms with Crippen LogP contribution in [0.5, 0.6) is 0 Å². The van der Waals surface area contributed by atoms with Crippen LogP contribution in [0.25, 0.3) is 10.9 Å². The molecule has 0 aliphatic carbocycles. The standard InChI is InChI=1S/C16H20N2O3/c1-17-11-12(5-6-15(19)20)13-3-2-4-14(16(13)17)18-7-9-21-10-8-18/h2-4,11H,5-10H2,1H3,(H,19,20). The minimum absolute atomic E-state index is 0.168. The van der Waals surface area contributed by atoms with Gasteiger partial charge in [0, 0.05) is 38.1 Å². The number of hydrogen-bond acceptors (Lipinski definition) is 3. The maximum absolute atomic E-state index is 10.8. The van der Waals surface area contributed by atoms with Gasteiger partial charge in [0.2, 0.25) is 0 Å². The number of aliphatic carboxylic acids is 1. The molecule has 1 aromatic heterocycles. The highest BCUT2D eigenvalue weighted by Gasteiger charge is 2.17. The minimum atomic E-state index is -0.753. The van der Waals surface area contributed by atoms with Crippen LogP contribution < -0.4 is 4.90 Å². The predicted molar refractivity (Wildman–Crippen MR) is 81.9 cm³/mol. The summed E-state index contributed by atoms with van der Waals surface area (Å²) < 4.78 is 7.53. The van der Waals surface area contributed by atoms with Gasteiger partial charge in [-0.2, -0.15) is 0 Å². The van der Waals surface area contributed by atoms with E-state index in [0.717, 1.165) is 37.3 Å². The van der Waals surface area contributed by atoms with Gasteiger partial charge in [-0.25, -0.2) is 0 Å². The molecule has 1 fully saturated rings. The van der Waals surface area contributed by atoms with Gasteiger partial charge in [0.25, 0.3) is 0 Å². The molecule has 1 saturated heterocycles. The Hall–Kier alpha value is -2.01. The molecule has 0 unspecified atom stereocenters. The highest BCUT2D eigenvalue weighted by Crippen LogP contribution is 2.31. The number of fused-ring (bicyclic) bond motifs is 1. The summed E-state index contributed by atoms with van der Waals surface area (Å²) in [6.45, 7) is 3.31. The Kier molecular flexibility index (Phi) is 3.84. The number of aryl methyl sites for hydroxylation is 2. The van der Waals surface area contributed by atoms with Crippen LogP contribution in [0.15, 0.2) is 24.4 Å². The van der Waals surface area contributed by atoms with Crippen molar-refractivity contribution in [3.8, 4) is 0 Å². The average Bonchev–Trinajstić information content (AvgIpc) is 2.83. The molecule has 112 valence electrons. The highest BCUT2D eigenvalue weighted by atomic mass is 16.5. The molecular weight excluding hydrogens is 268 g/mol. The lowest BCUT2D eigenvalue weighted by molar-refractivity contribution is -0.136. The Balaban J connectivity index is 2.00. The van der Waals surface area contributed by atoms with E-state index in [9.17, 15) is 4.79 Å². The molecule has 5 nitrogen and oxygen atoms in total. The molecule has 0 amide bonds. The van der Waals surface area contributed by atoms with Gasteiger partial charge >= 0.3 is 5.97 Å². The molecule has 1 aliphatic heterocycles. The van der Waals surface area contributed by atoms with E-state index in [0.29, 0.717) is 6.42 Å². The smallest absolute Gasteiger partial charge is 0.303 e. The first-order valence-electron chi connectivity index (χ1n) is 7.28. The number of anilines is 1. The van der Waals surface area contributed by atoms with Crippen molar-refractivity contribution in [1.29, 1.82) is 0 Å². The topological polar surface area (TPSA) is 54.7 Å². The van der Waals surface area contributed by atoms with Crippen LogP contribution in [0.4, 0.5) is 5.69 Å². The Labute approximate surface area is 123 Å². The van der Waals surface area contributed by atoms with Crippen LogP contribution >= 0.6 is 0 Å². The largest absolute Gasteiger partial charge is 0.481 e. The van der Waals surface area contributed by atoms with E-state index >= 15 is 0 Å². The Morgan fingerprint density at radius 1 is 1.33 bits per heavy atom. The summed E-state index contributed by atoms with van der Waals surface area (Å²) in [5.74, 6) is -0.753. The van der Waals surface area contributed by atoms with E-state index in [2.05, 4.69) is 33.9 Å². The van der Waals surface area contributed by atoms with E-state index in [1.54, 1.807) is 0 Å². The van der Waals surface area contributed by atoms with Gasteiger partial charge in [-0.3, -0.25) is 4.79 Å². The molecule has 0 bridgehead atoms. The molecule has 3 rings (SSSR count). The monoisotopic (exact) mass is 288 g/mol. The Bertz CT molecular complexity index is 657. The number of morpholine rings is 1. The van der Waals surface area contributed by atoms with Gasteiger partial charge in [0.05, 0.1) is 24.4 Å². The molecule has 0 spiro atoms. The van der Waals surface area contributed by atoms with E-state index in [4.69, 9.17) is 9.84 Å². The van der Waals surface area contributed by atoms with E-state index in [1.165, 1.54) is 11.2 Å². The first-order valence-corrected chi connectivity index (χ1v) is 7.28. The molecule has 1 N–H and O–H groups in total. The summed E-state index contributed by atoms with van der Waals surface area (Å²) in [5, 5.41) is 10.0. The van der Waals surface area contributed by atoms with E-state index < -0.39 is 5.97 Å². The fourth-order valence-corrected chi connectivity index (χ4v) is 3.03.